The van der Waals surface area contributed by atoms with Crippen LogP contribution in [0.4, 0.5) is 0 Å². The van der Waals surface area contributed by atoms with E-state index in [1.807, 2.05) is 12.1 Å². The molecule has 2 aromatic carbocycles. The number of hydrogen-bond donors (Lipinski definition) is 1. The van der Waals surface area contributed by atoms with Crippen molar-refractivity contribution in [2.24, 2.45) is 0 Å². The van der Waals surface area contributed by atoms with Gasteiger partial charge < -0.3 is 14.3 Å². The van der Waals surface area contributed by atoms with Gasteiger partial charge >= 0.3 is 0 Å². The third kappa shape index (κ3) is 3.58. The van der Waals surface area contributed by atoms with E-state index in [4.69, 9.17) is 9.16 Å². The van der Waals surface area contributed by atoms with Crippen molar-refractivity contribution in [3.8, 4) is 0 Å². The molecule has 0 radical (unpaired) electrons. The van der Waals surface area contributed by atoms with E-state index in [1.165, 1.54) is 10.4 Å². The Bertz CT molecular complexity index is 627. The lowest BCUT2D eigenvalue weighted by atomic mass is 10.1. The average Bonchev–Trinajstić information content (AvgIpc) is 2.61. The Morgan fingerprint density at radius 3 is 1.92 bits per heavy atom. The molecule has 1 aliphatic heterocycles. The molecule has 0 amide bonds. The second kappa shape index (κ2) is 7.42. The molecule has 1 aliphatic rings. The molecule has 2 atom stereocenters. The molecule has 25 heavy (non-hydrogen) atoms. The van der Waals surface area contributed by atoms with E-state index in [1.54, 1.807) is 0 Å². The lowest BCUT2D eigenvalue weighted by Crippen LogP contribution is -2.69. The van der Waals surface area contributed by atoms with Crippen LogP contribution >= 0.6 is 0 Å². The molecule has 1 fully saturated rings. The minimum absolute atomic E-state index is 0.0757. The van der Waals surface area contributed by atoms with Gasteiger partial charge in [0.1, 0.15) is 6.10 Å². The molecule has 1 saturated heterocycles. The number of hydrogen-bond acceptors (Lipinski definition) is 3. The van der Waals surface area contributed by atoms with Crippen molar-refractivity contribution < 1.29 is 14.3 Å². The van der Waals surface area contributed by atoms with E-state index in [-0.39, 0.29) is 11.1 Å². The van der Waals surface area contributed by atoms with E-state index < -0.39 is 14.4 Å². The molecule has 0 unspecified atom stereocenters. The summed E-state index contributed by atoms with van der Waals surface area (Å²) in [7, 11) is -2.59. The first kappa shape index (κ1) is 18.3. The number of benzene rings is 2. The smallest absolute Gasteiger partial charge is 0.261 e. The first-order chi connectivity index (χ1) is 11.9. The Balaban J connectivity index is 2.15. The van der Waals surface area contributed by atoms with E-state index >= 15 is 0 Å². The zero-order chi connectivity index (χ0) is 17.9. The fourth-order valence-electron chi connectivity index (χ4n) is 3.76. The largest absolute Gasteiger partial charge is 0.402 e. The summed E-state index contributed by atoms with van der Waals surface area (Å²) in [5, 5.41) is 12.9. The fourth-order valence-corrected chi connectivity index (χ4v) is 8.50. The van der Waals surface area contributed by atoms with Gasteiger partial charge in [0.25, 0.3) is 8.32 Å². The van der Waals surface area contributed by atoms with Crippen molar-refractivity contribution in [2.45, 2.75) is 44.4 Å². The van der Waals surface area contributed by atoms with E-state index in [9.17, 15) is 5.11 Å². The van der Waals surface area contributed by atoms with Gasteiger partial charge in [0.2, 0.25) is 0 Å². The maximum atomic E-state index is 10.5. The molecule has 0 aliphatic carbocycles. The SMILES string of the molecule is CC(C)(C)[Si](O[C@@H]1CCOC[C@@H]1O)(c1ccccc1)c1ccccc1. The highest BCUT2D eigenvalue weighted by Gasteiger charge is 2.52. The third-order valence-electron chi connectivity index (χ3n) is 5.01. The summed E-state index contributed by atoms with van der Waals surface area (Å²) in [6.07, 6.45) is -0.0403. The highest BCUT2D eigenvalue weighted by atomic mass is 28.4. The lowest BCUT2D eigenvalue weighted by Gasteiger charge is -2.46. The molecule has 3 rings (SSSR count). The zero-order valence-electron chi connectivity index (χ0n) is 15.3. The van der Waals surface area contributed by atoms with Crippen LogP contribution in [0.2, 0.25) is 5.04 Å². The molecule has 3 nitrogen and oxygen atoms in total. The van der Waals surface area contributed by atoms with Crippen LogP contribution in [0.3, 0.4) is 0 Å². The van der Waals surface area contributed by atoms with Crippen LogP contribution < -0.4 is 10.4 Å². The van der Waals surface area contributed by atoms with Gasteiger partial charge in [0, 0.05) is 6.61 Å². The molecule has 134 valence electrons. The summed E-state index contributed by atoms with van der Waals surface area (Å²) in [5.74, 6) is 0. The van der Waals surface area contributed by atoms with Crippen LogP contribution in [0.25, 0.3) is 0 Å². The summed E-state index contributed by atoms with van der Waals surface area (Å²) in [6.45, 7) is 7.75. The fraction of sp³-hybridized carbons (Fsp3) is 0.429. The van der Waals surface area contributed by atoms with Gasteiger partial charge in [-0.05, 0) is 21.8 Å². The highest BCUT2D eigenvalue weighted by molar-refractivity contribution is 6.99. The van der Waals surface area contributed by atoms with Gasteiger partial charge in [-0.3, -0.25) is 0 Å². The predicted octanol–water partition coefficient (Wildman–Crippen LogP) is 2.71. The van der Waals surface area contributed by atoms with Gasteiger partial charge in [-0.25, -0.2) is 0 Å². The molecule has 1 N–H and O–H groups in total. The quantitative estimate of drug-likeness (QED) is 0.856. The number of aliphatic hydroxyl groups is 1. The second-order valence-corrected chi connectivity index (χ2v) is 12.0. The maximum Gasteiger partial charge on any atom is 0.261 e. The summed E-state index contributed by atoms with van der Waals surface area (Å²) < 4.78 is 12.3. The predicted molar refractivity (Wildman–Crippen MR) is 104 cm³/mol. The van der Waals surface area contributed by atoms with Gasteiger partial charge in [-0.15, -0.1) is 0 Å². The molecule has 4 heteroatoms. The summed E-state index contributed by atoms with van der Waals surface area (Å²) in [4.78, 5) is 0. The van der Waals surface area contributed by atoms with Crippen molar-refractivity contribution in [3.63, 3.8) is 0 Å². The van der Waals surface area contributed by atoms with Gasteiger partial charge in [0.05, 0.1) is 12.7 Å². The summed E-state index contributed by atoms with van der Waals surface area (Å²) in [5.41, 5.74) is 0. The van der Waals surface area contributed by atoms with Crippen molar-refractivity contribution in [2.75, 3.05) is 13.2 Å². The Kier molecular flexibility index (Phi) is 5.44. The lowest BCUT2D eigenvalue weighted by molar-refractivity contribution is -0.0784. The minimum atomic E-state index is -2.59. The Labute approximate surface area is 151 Å². The van der Waals surface area contributed by atoms with Crippen LogP contribution in [-0.4, -0.2) is 38.8 Å². The molecule has 0 saturated carbocycles. The third-order valence-corrected chi connectivity index (χ3v) is 10.1. The van der Waals surface area contributed by atoms with Crippen LogP contribution in [0, 0.1) is 0 Å². The molecular weight excluding hydrogens is 328 g/mol. The van der Waals surface area contributed by atoms with Crippen LogP contribution in [0.1, 0.15) is 27.2 Å². The summed E-state index contributed by atoms with van der Waals surface area (Å²) in [6, 6.07) is 21.1. The van der Waals surface area contributed by atoms with Crippen molar-refractivity contribution in [1.82, 2.24) is 0 Å². The first-order valence-electron chi connectivity index (χ1n) is 9.00. The molecule has 2 aromatic rings. The monoisotopic (exact) mass is 356 g/mol. The normalized spacial score (nSPS) is 21.9. The number of ether oxygens (including phenoxy) is 1. The van der Waals surface area contributed by atoms with Gasteiger partial charge in [-0.1, -0.05) is 81.4 Å². The molecule has 0 aromatic heterocycles. The molecule has 0 spiro atoms. The first-order valence-corrected chi connectivity index (χ1v) is 10.9. The van der Waals surface area contributed by atoms with Crippen LogP contribution in [0.5, 0.6) is 0 Å². The zero-order valence-corrected chi connectivity index (χ0v) is 16.3. The van der Waals surface area contributed by atoms with E-state index in [0.29, 0.717) is 13.2 Å². The molecular formula is C21H28O3Si. The standard InChI is InChI=1S/C21H28O3Si/c1-21(2,3)25(17-10-6-4-7-11-17,18-12-8-5-9-13-18)24-20-14-15-23-16-19(20)22/h4-13,19-20,22H,14-16H2,1-3H3/t19-,20+/m0/s1. The maximum absolute atomic E-state index is 10.5. The number of aliphatic hydroxyl groups excluding tert-OH is 1. The van der Waals surface area contributed by atoms with Crippen molar-refractivity contribution in [3.05, 3.63) is 60.7 Å². The summed E-state index contributed by atoms with van der Waals surface area (Å²) >= 11 is 0. The Hall–Kier alpha value is -1.46. The van der Waals surface area contributed by atoms with Crippen molar-refractivity contribution >= 4 is 18.7 Å². The topological polar surface area (TPSA) is 38.7 Å². The van der Waals surface area contributed by atoms with Crippen LogP contribution in [-0.2, 0) is 9.16 Å². The van der Waals surface area contributed by atoms with E-state index in [2.05, 4.69) is 69.3 Å². The van der Waals surface area contributed by atoms with Crippen molar-refractivity contribution in [1.29, 1.82) is 0 Å². The number of rotatable bonds is 4. The van der Waals surface area contributed by atoms with Gasteiger partial charge in [-0.2, -0.15) is 0 Å². The average molecular weight is 357 g/mol. The highest BCUT2D eigenvalue weighted by Crippen LogP contribution is 2.38. The second-order valence-electron chi connectivity index (χ2n) is 7.75. The Morgan fingerprint density at radius 2 is 1.48 bits per heavy atom. The van der Waals surface area contributed by atoms with Gasteiger partial charge in [0.15, 0.2) is 0 Å². The molecule has 0 bridgehead atoms. The Morgan fingerprint density at radius 1 is 0.960 bits per heavy atom. The minimum Gasteiger partial charge on any atom is -0.402 e. The van der Waals surface area contributed by atoms with E-state index in [0.717, 1.165) is 6.42 Å². The van der Waals surface area contributed by atoms with Crippen LogP contribution in [0.15, 0.2) is 60.7 Å². The molecule has 1 heterocycles.